The monoisotopic (exact) mass is 219 g/mol. The molecular weight excluding hydrogens is 204 g/mol. The maximum Gasteiger partial charge on any atom is 0.319 e. The molecule has 1 aromatic rings. The van der Waals surface area contributed by atoms with Gasteiger partial charge in [0.1, 0.15) is 5.82 Å². The lowest BCUT2D eigenvalue weighted by molar-refractivity contribution is 0.0664. The molecule has 1 atom stereocenters. The number of aromatic nitrogens is 2. The molecule has 0 radical (unpaired) electrons. The van der Waals surface area contributed by atoms with E-state index in [-0.39, 0.29) is 19.2 Å². The number of alkyl halides is 2. The summed E-state index contributed by atoms with van der Waals surface area (Å²) in [6.07, 6.45) is 3.19. The largest absolute Gasteiger partial charge is 0.396 e. The molecule has 0 aliphatic heterocycles. The Kier molecular flexibility index (Phi) is 4.64. The fourth-order valence-electron chi connectivity index (χ4n) is 1.22. The predicted octanol–water partition coefficient (Wildman–Crippen LogP) is 1.14. The van der Waals surface area contributed by atoms with Gasteiger partial charge in [0.15, 0.2) is 0 Å². The standard InChI is InChI=1S/C9H15F2N3O/c1-7(2-5-15)13-6-8-12-3-4-14(8)9(10)11/h3-4,7,9,13,15H,2,5-6H2,1H3. The van der Waals surface area contributed by atoms with Crippen molar-refractivity contribution in [2.45, 2.75) is 32.5 Å². The summed E-state index contributed by atoms with van der Waals surface area (Å²) in [6.45, 7) is -0.320. The van der Waals surface area contributed by atoms with Crippen LogP contribution in [0.1, 0.15) is 25.7 Å². The summed E-state index contributed by atoms with van der Waals surface area (Å²) in [7, 11) is 0. The summed E-state index contributed by atoms with van der Waals surface area (Å²) in [5.41, 5.74) is 0. The van der Waals surface area contributed by atoms with Crippen molar-refractivity contribution < 1.29 is 13.9 Å². The van der Waals surface area contributed by atoms with Crippen molar-refractivity contribution in [3.63, 3.8) is 0 Å². The van der Waals surface area contributed by atoms with Crippen molar-refractivity contribution in [1.82, 2.24) is 14.9 Å². The van der Waals surface area contributed by atoms with E-state index in [1.807, 2.05) is 6.92 Å². The summed E-state index contributed by atoms with van der Waals surface area (Å²) >= 11 is 0. The molecule has 1 heterocycles. The maximum atomic E-state index is 12.4. The fraction of sp³-hybridized carbons (Fsp3) is 0.667. The molecule has 1 rings (SSSR count). The van der Waals surface area contributed by atoms with Crippen LogP contribution >= 0.6 is 0 Å². The van der Waals surface area contributed by atoms with E-state index in [4.69, 9.17) is 5.11 Å². The Morgan fingerprint density at radius 2 is 2.33 bits per heavy atom. The predicted molar refractivity (Wildman–Crippen MR) is 51.5 cm³/mol. The van der Waals surface area contributed by atoms with Crippen molar-refractivity contribution in [3.8, 4) is 0 Å². The number of aliphatic hydroxyl groups excluding tert-OH is 1. The summed E-state index contributed by atoms with van der Waals surface area (Å²) in [6, 6.07) is 0.0813. The van der Waals surface area contributed by atoms with Gasteiger partial charge in [0.05, 0.1) is 6.54 Å². The van der Waals surface area contributed by atoms with Crippen molar-refractivity contribution in [2.75, 3.05) is 6.61 Å². The summed E-state index contributed by atoms with van der Waals surface area (Å²) < 4.78 is 25.6. The van der Waals surface area contributed by atoms with Gasteiger partial charge in [-0.25, -0.2) is 4.98 Å². The highest BCUT2D eigenvalue weighted by Crippen LogP contribution is 2.12. The molecule has 0 aliphatic rings. The van der Waals surface area contributed by atoms with E-state index in [0.29, 0.717) is 12.2 Å². The number of nitrogens with zero attached hydrogens (tertiary/aromatic N) is 2. The van der Waals surface area contributed by atoms with Gasteiger partial charge in [0.2, 0.25) is 0 Å². The topological polar surface area (TPSA) is 50.1 Å². The summed E-state index contributed by atoms with van der Waals surface area (Å²) in [4.78, 5) is 3.83. The lowest BCUT2D eigenvalue weighted by Gasteiger charge is -2.12. The van der Waals surface area contributed by atoms with Gasteiger partial charge in [-0.15, -0.1) is 0 Å². The minimum atomic E-state index is -2.56. The molecule has 0 saturated carbocycles. The Labute approximate surface area is 86.9 Å². The molecule has 15 heavy (non-hydrogen) atoms. The molecule has 0 saturated heterocycles. The van der Waals surface area contributed by atoms with Crippen LogP contribution in [0.5, 0.6) is 0 Å². The van der Waals surface area contributed by atoms with E-state index in [1.165, 1.54) is 12.4 Å². The highest BCUT2D eigenvalue weighted by molar-refractivity contribution is 4.92. The Hall–Kier alpha value is -1.01. The van der Waals surface area contributed by atoms with Crippen molar-refractivity contribution in [3.05, 3.63) is 18.2 Å². The van der Waals surface area contributed by atoms with Gasteiger partial charge in [-0.3, -0.25) is 4.57 Å². The molecule has 1 unspecified atom stereocenters. The van der Waals surface area contributed by atoms with E-state index in [9.17, 15) is 8.78 Å². The molecule has 0 fully saturated rings. The third-order valence-electron chi connectivity index (χ3n) is 2.13. The molecule has 0 aliphatic carbocycles. The molecule has 1 aromatic heterocycles. The first-order chi connectivity index (χ1) is 7.15. The molecule has 0 amide bonds. The number of nitrogens with one attached hydrogen (secondary N) is 1. The Morgan fingerprint density at radius 1 is 1.60 bits per heavy atom. The molecule has 0 spiro atoms. The zero-order valence-corrected chi connectivity index (χ0v) is 8.53. The molecule has 0 aromatic carbocycles. The second-order valence-electron chi connectivity index (χ2n) is 3.32. The lowest BCUT2D eigenvalue weighted by Crippen LogP contribution is -2.27. The van der Waals surface area contributed by atoms with Gasteiger partial charge in [-0.1, -0.05) is 0 Å². The zero-order valence-electron chi connectivity index (χ0n) is 8.53. The average molecular weight is 219 g/mol. The molecule has 2 N–H and O–H groups in total. The summed E-state index contributed by atoms with van der Waals surface area (Å²) in [5, 5.41) is 11.7. The van der Waals surface area contributed by atoms with E-state index in [0.717, 1.165) is 4.57 Å². The number of aliphatic hydroxyl groups is 1. The lowest BCUT2D eigenvalue weighted by atomic mass is 10.2. The molecule has 4 nitrogen and oxygen atoms in total. The molecular formula is C9H15F2N3O. The maximum absolute atomic E-state index is 12.4. The SMILES string of the molecule is CC(CCO)NCc1nccn1C(F)F. The zero-order chi connectivity index (χ0) is 11.3. The Morgan fingerprint density at radius 3 is 2.93 bits per heavy atom. The van der Waals surface area contributed by atoms with E-state index < -0.39 is 6.55 Å². The molecule has 6 heteroatoms. The first kappa shape index (κ1) is 12.1. The van der Waals surface area contributed by atoms with Crippen LogP contribution in [-0.2, 0) is 6.54 Å². The summed E-state index contributed by atoms with van der Waals surface area (Å²) in [5.74, 6) is 0.301. The molecule has 86 valence electrons. The highest BCUT2D eigenvalue weighted by atomic mass is 19.3. The van der Waals surface area contributed by atoms with Crippen LogP contribution in [0.25, 0.3) is 0 Å². The molecule has 0 bridgehead atoms. The van der Waals surface area contributed by atoms with E-state index in [1.54, 1.807) is 0 Å². The number of imidazole rings is 1. The van der Waals surface area contributed by atoms with Crippen LogP contribution in [0.2, 0.25) is 0 Å². The van der Waals surface area contributed by atoms with Crippen molar-refractivity contribution in [1.29, 1.82) is 0 Å². The van der Waals surface area contributed by atoms with Gasteiger partial charge in [0.25, 0.3) is 0 Å². The van der Waals surface area contributed by atoms with Gasteiger partial charge in [0, 0.05) is 25.0 Å². The minimum Gasteiger partial charge on any atom is -0.396 e. The van der Waals surface area contributed by atoms with E-state index in [2.05, 4.69) is 10.3 Å². The highest BCUT2D eigenvalue weighted by Gasteiger charge is 2.11. The average Bonchev–Trinajstić information content (AvgIpc) is 2.63. The van der Waals surface area contributed by atoms with Crippen LogP contribution in [0.3, 0.4) is 0 Å². The first-order valence-corrected chi connectivity index (χ1v) is 4.79. The smallest absolute Gasteiger partial charge is 0.319 e. The quantitative estimate of drug-likeness (QED) is 0.754. The van der Waals surface area contributed by atoms with Crippen LogP contribution in [0.4, 0.5) is 8.78 Å². The number of halogens is 2. The second kappa shape index (κ2) is 5.77. The number of hydrogen-bond donors (Lipinski definition) is 2. The Bertz CT molecular complexity index is 291. The van der Waals surface area contributed by atoms with E-state index >= 15 is 0 Å². The second-order valence-corrected chi connectivity index (χ2v) is 3.32. The third-order valence-corrected chi connectivity index (χ3v) is 2.13. The normalized spacial score (nSPS) is 13.4. The van der Waals surface area contributed by atoms with Gasteiger partial charge in [-0.05, 0) is 13.3 Å². The van der Waals surface area contributed by atoms with Gasteiger partial charge < -0.3 is 10.4 Å². The van der Waals surface area contributed by atoms with Crippen LogP contribution in [0, 0.1) is 0 Å². The van der Waals surface area contributed by atoms with Crippen LogP contribution in [-0.4, -0.2) is 27.3 Å². The van der Waals surface area contributed by atoms with Crippen LogP contribution < -0.4 is 5.32 Å². The fourth-order valence-corrected chi connectivity index (χ4v) is 1.22. The van der Waals surface area contributed by atoms with Crippen molar-refractivity contribution in [2.24, 2.45) is 0 Å². The van der Waals surface area contributed by atoms with Gasteiger partial charge in [-0.2, -0.15) is 8.78 Å². The van der Waals surface area contributed by atoms with Crippen molar-refractivity contribution >= 4 is 0 Å². The third kappa shape index (κ3) is 3.56. The minimum absolute atomic E-state index is 0.0808. The Balaban J connectivity index is 2.46. The van der Waals surface area contributed by atoms with Gasteiger partial charge >= 0.3 is 6.55 Å². The number of hydrogen-bond acceptors (Lipinski definition) is 3. The number of rotatable bonds is 6. The van der Waals surface area contributed by atoms with Crippen LogP contribution in [0.15, 0.2) is 12.4 Å². The first-order valence-electron chi connectivity index (χ1n) is 4.79.